The Hall–Kier alpha value is -1.58. The zero-order chi connectivity index (χ0) is 13.4. The molecule has 0 bridgehead atoms. The number of amides is 2. The van der Waals surface area contributed by atoms with Crippen LogP contribution >= 0.6 is 0 Å². The molecule has 0 radical (unpaired) electrons. The second-order valence-electron chi connectivity index (χ2n) is 5.55. The van der Waals surface area contributed by atoms with Gasteiger partial charge in [0.25, 0.3) is 0 Å². The molecule has 4 atom stereocenters. The molecular weight excluding hydrogens is 228 g/mol. The molecule has 0 aromatic carbocycles. The van der Waals surface area contributed by atoms with Gasteiger partial charge in [0, 0.05) is 5.92 Å². The molecule has 0 aromatic heterocycles. The summed E-state index contributed by atoms with van der Waals surface area (Å²) in [4.78, 5) is 24.0. The number of hydrazine groups is 1. The minimum absolute atomic E-state index is 0.0160. The number of hydrogen-bond donors (Lipinski definition) is 2. The molecule has 1 heterocycles. The van der Waals surface area contributed by atoms with Gasteiger partial charge in [-0.3, -0.25) is 20.4 Å². The highest BCUT2D eigenvalue weighted by atomic mass is 16.2. The van der Waals surface area contributed by atoms with Crippen LogP contribution in [0.5, 0.6) is 0 Å². The first kappa shape index (κ1) is 12.9. The monoisotopic (exact) mass is 248 g/mol. The summed E-state index contributed by atoms with van der Waals surface area (Å²) in [5, 5.41) is 0. The predicted molar refractivity (Wildman–Crippen MR) is 69.1 cm³/mol. The van der Waals surface area contributed by atoms with Gasteiger partial charge in [0.2, 0.25) is 11.8 Å². The Bertz CT molecular complexity index is 447. The smallest absolute Gasteiger partial charge is 0.243 e. The summed E-state index contributed by atoms with van der Waals surface area (Å²) < 4.78 is 0. The molecule has 0 aromatic rings. The zero-order valence-electron chi connectivity index (χ0n) is 11.3. The SMILES string of the molecule is CC(C)=C[C@@H]1C=C(C)[C@@H](C)[C@@H]2C(=O)NNC(=O)[C@H]12. The molecule has 1 aliphatic carbocycles. The average Bonchev–Trinajstić information content (AvgIpc) is 2.28. The van der Waals surface area contributed by atoms with Crippen LogP contribution in [0.4, 0.5) is 0 Å². The third kappa shape index (κ3) is 2.07. The Balaban J connectivity index is 2.45. The summed E-state index contributed by atoms with van der Waals surface area (Å²) in [6, 6.07) is 0. The quantitative estimate of drug-likeness (QED) is 0.692. The molecule has 2 amide bonds. The number of nitrogens with one attached hydrogen (secondary N) is 2. The zero-order valence-corrected chi connectivity index (χ0v) is 11.3. The summed E-state index contributed by atoms with van der Waals surface area (Å²) in [6.45, 7) is 8.07. The maximum absolute atomic E-state index is 12.0. The molecular formula is C14H20N2O2. The average molecular weight is 248 g/mol. The second-order valence-corrected chi connectivity index (χ2v) is 5.55. The van der Waals surface area contributed by atoms with Crippen molar-refractivity contribution in [3.63, 3.8) is 0 Å². The van der Waals surface area contributed by atoms with E-state index in [0.717, 1.165) is 5.57 Å². The van der Waals surface area contributed by atoms with Crippen LogP contribution in [0.3, 0.4) is 0 Å². The number of allylic oxidation sites excluding steroid dienone is 4. The Morgan fingerprint density at radius 3 is 2.28 bits per heavy atom. The fraction of sp³-hybridized carbons (Fsp3) is 0.571. The molecule has 1 saturated heterocycles. The van der Waals surface area contributed by atoms with E-state index in [-0.39, 0.29) is 35.5 Å². The van der Waals surface area contributed by atoms with E-state index in [9.17, 15) is 9.59 Å². The lowest BCUT2D eigenvalue weighted by molar-refractivity contribution is -0.146. The van der Waals surface area contributed by atoms with Gasteiger partial charge in [-0.05, 0) is 26.7 Å². The van der Waals surface area contributed by atoms with Crippen LogP contribution in [0.1, 0.15) is 27.7 Å². The van der Waals surface area contributed by atoms with Gasteiger partial charge in [0.05, 0.1) is 11.8 Å². The van der Waals surface area contributed by atoms with Gasteiger partial charge < -0.3 is 0 Å². The number of carbonyl (C=O) groups is 2. The van der Waals surface area contributed by atoms with Gasteiger partial charge in [-0.25, -0.2) is 0 Å². The van der Waals surface area contributed by atoms with Gasteiger partial charge in [0.15, 0.2) is 0 Å². The van der Waals surface area contributed by atoms with Crippen molar-refractivity contribution >= 4 is 11.8 Å². The van der Waals surface area contributed by atoms with Gasteiger partial charge in [-0.1, -0.05) is 30.2 Å². The van der Waals surface area contributed by atoms with Crippen molar-refractivity contribution in [1.29, 1.82) is 0 Å². The van der Waals surface area contributed by atoms with Crippen molar-refractivity contribution in [1.82, 2.24) is 10.9 Å². The van der Waals surface area contributed by atoms with Crippen LogP contribution in [-0.4, -0.2) is 11.8 Å². The highest BCUT2D eigenvalue weighted by Crippen LogP contribution is 2.40. The minimum Gasteiger partial charge on any atom is -0.273 e. The highest BCUT2D eigenvalue weighted by molar-refractivity contribution is 5.94. The number of fused-ring (bicyclic) bond motifs is 1. The standard InChI is InChI=1S/C14H20N2O2/c1-7(2)5-10-6-8(3)9(4)11-12(10)14(18)16-15-13(11)17/h5-6,9-12H,1-4H3,(H,15,17)(H,16,18)/t9-,10-,11+,12-/m1/s1. The third-order valence-corrected chi connectivity index (χ3v) is 3.95. The first-order valence-electron chi connectivity index (χ1n) is 6.35. The van der Waals surface area contributed by atoms with E-state index in [1.165, 1.54) is 5.57 Å². The van der Waals surface area contributed by atoms with Crippen molar-refractivity contribution in [3.8, 4) is 0 Å². The van der Waals surface area contributed by atoms with Gasteiger partial charge >= 0.3 is 0 Å². The molecule has 1 fully saturated rings. The van der Waals surface area contributed by atoms with E-state index in [0.29, 0.717) is 0 Å². The highest BCUT2D eigenvalue weighted by Gasteiger charge is 2.47. The second kappa shape index (κ2) is 4.59. The number of rotatable bonds is 1. The molecule has 98 valence electrons. The Morgan fingerprint density at radius 1 is 1.17 bits per heavy atom. The van der Waals surface area contributed by atoms with Crippen LogP contribution < -0.4 is 10.9 Å². The molecule has 0 unspecified atom stereocenters. The summed E-state index contributed by atoms with van der Waals surface area (Å²) >= 11 is 0. The number of hydrogen-bond acceptors (Lipinski definition) is 2. The molecule has 4 nitrogen and oxygen atoms in total. The van der Waals surface area contributed by atoms with Gasteiger partial charge in [0.1, 0.15) is 0 Å². The molecule has 1 aliphatic heterocycles. The molecule has 2 aliphatic rings. The molecule has 2 rings (SSSR count). The van der Waals surface area contributed by atoms with Crippen molar-refractivity contribution in [3.05, 3.63) is 23.3 Å². The van der Waals surface area contributed by atoms with E-state index in [1.807, 2.05) is 27.7 Å². The molecule has 18 heavy (non-hydrogen) atoms. The minimum atomic E-state index is -0.285. The largest absolute Gasteiger partial charge is 0.273 e. The van der Waals surface area contributed by atoms with Crippen LogP contribution in [0.25, 0.3) is 0 Å². The van der Waals surface area contributed by atoms with Crippen molar-refractivity contribution < 1.29 is 9.59 Å². The number of carbonyl (C=O) groups excluding carboxylic acids is 2. The lowest BCUT2D eigenvalue weighted by Crippen LogP contribution is -2.60. The lowest BCUT2D eigenvalue weighted by atomic mass is 9.66. The lowest BCUT2D eigenvalue weighted by Gasteiger charge is -2.41. The fourth-order valence-electron chi connectivity index (χ4n) is 2.95. The Labute approximate surface area is 107 Å². The van der Waals surface area contributed by atoms with E-state index in [1.54, 1.807) is 0 Å². The van der Waals surface area contributed by atoms with E-state index < -0.39 is 0 Å². The summed E-state index contributed by atoms with van der Waals surface area (Å²) in [5.41, 5.74) is 7.29. The molecule has 0 spiro atoms. The maximum Gasteiger partial charge on any atom is 0.243 e. The van der Waals surface area contributed by atoms with Crippen molar-refractivity contribution in [2.75, 3.05) is 0 Å². The van der Waals surface area contributed by atoms with E-state index >= 15 is 0 Å². The van der Waals surface area contributed by atoms with Crippen LogP contribution in [0.15, 0.2) is 23.3 Å². The normalized spacial score (nSPS) is 35.0. The van der Waals surface area contributed by atoms with Crippen molar-refractivity contribution in [2.24, 2.45) is 23.7 Å². The summed E-state index contributed by atoms with van der Waals surface area (Å²) in [7, 11) is 0. The maximum atomic E-state index is 12.0. The summed E-state index contributed by atoms with van der Waals surface area (Å²) in [6.07, 6.45) is 4.20. The van der Waals surface area contributed by atoms with Gasteiger partial charge in [-0.2, -0.15) is 0 Å². The molecule has 2 N–H and O–H groups in total. The molecule has 0 saturated carbocycles. The van der Waals surface area contributed by atoms with Gasteiger partial charge in [-0.15, -0.1) is 0 Å². The van der Waals surface area contributed by atoms with Crippen LogP contribution in [-0.2, 0) is 9.59 Å². The Kier molecular flexibility index (Phi) is 3.28. The fourth-order valence-corrected chi connectivity index (χ4v) is 2.95. The predicted octanol–water partition coefficient (Wildman–Crippen LogP) is 1.56. The molecule has 4 heteroatoms. The summed E-state index contributed by atoms with van der Waals surface area (Å²) in [5.74, 6) is -0.578. The topological polar surface area (TPSA) is 58.2 Å². The Morgan fingerprint density at radius 2 is 1.72 bits per heavy atom. The van der Waals surface area contributed by atoms with E-state index in [2.05, 4.69) is 23.0 Å². The van der Waals surface area contributed by atoms with E-state index in [4.69, 9.17) is 0 Å². The first-order chi connectivity index (χ1) is 8.41. The third-order valence-electron chi connectivity index (χ3n) is 3.95. The van der Waals surface area contributed by atoms with Crippen LogP contribution in [0.2, 0.25) is 0 Å². The van der Waals surface area contributed by atoms with Crippen LogP contribution in [0, 0.1) is 23.7 Å². The first-order valence-corrected chi connectivity index (χ1v) is 6.35. The van der Waals surface area contributed by atoms with Crippen molar-refractivity contribution in [2.45, 2.75) is 27.7 Å².